The van der Waals surface area contributed by atoms with Gasteiger partial charge in [0.05, 0.1) is 17.7 Å². The molecule has 1 N–H and O–H groups in total. The number of esters is 1. The molecule has 17 heavy (non-hydrogen) atoms. The molecule has 0 saturated carbocycles. The maximum Gasteiger partial charge on any atom is 0.338 e. The van der Waals surface area contributed by atoms with Crippen molar-refractivity contribution < 1.29 is 14.3 Å². The molecular weight excluding hydrogens is 220 g/mol. The monoisotopic (exact) mass is 240 g/mol. The highest BCUT2D eigenvalue weighted by Crippen LogP contribution is 2.21. The maximum absolute atomic E-state index is 12.0. The highest BCUT2D eigenvalue weighted by Gasteiger charge is 2.33. The van der Waals surface area contributed by atoms with E-state index in [1.54, 1.807) is 27.8 Å². The van der Waals surface area contributed by atoms with E-state index in [4.69, 9.17) is 4.74 Å². The highest BCUT2D eigenvalue weighted by molar-refractivity contribution is 5.94. The number of rotatable bonds is 3. The number of amides is 2. The van der Waals surface area contributed by atoms with Crippen LogP contribution in [0.3, 0.4) is 0 Å². The number of allylic oxidation sites excluding steroid dienone is 1. The van der Waals surface area contributed by atoms with E-state index in [9.17, 15) is 9.59 Å². The standard InChI is InChI=1S/C12H20N2O3/c1-6-9-10(11(15)17-7(2)3)8(4)14(5)12(16)13-9/h7,9H,6H2,1-5H3,(H,13,16). The lowest BCUT2D eigenvalue weighted by Gasteiger charge is -2.32. The predicted octanol–water partition coefficient (Wildman–Crippen LogP) is 1.65. The molecule has 1 atom stereocenters. The van der Waals surface area contributed by atoms with Gasteiger partial charge in [0.25, 0.3) is 0 Å². The van der Waals surface area contributed by atoms with E-state index >= 15 is 0 Å². The van der Waals surface area contributed by atoms with Crippen molar-refractivity contribution in [2.24, 2.45) is 0 Å². The lowest BCUT2D eigenvalue weighted by atomic mass is 10.0. The van der Waals surface area contributed by atoms with Gasteiger partial charge in [0, 0.05) is 12.7 Å². The number of urea groups is 1. The SMILES string of the molecule is CCC1NC(=O)N(C)C(C)=C1C(=O)OC(C)C. The zero-order valence-corrected chi connectivity index (χ0v) is 11.0. The molecule has 0 saturated heterocycles. The molecule has 0 aromatic carbocycles. The highest BCUT2D eigenvalue weighted by atomic mass is 16.5. The van der Waals surface area contributed by atoms with Crippen molar-refractivity contribution in [3.8, 4) is 0 Å². The Morgan fingerprint density at radius 1 is 1.53 bits per heavy atom. The zero-order chi connectivity index (χ0) is 13.2. The molecule has 1 heterocycles. The molecule has 5 nitrogen and oxygen atoms in total. The van der Waals surface area contributed by atoms with E-state index in [2.05, 4.69) is 5.32 Å². The summed E-state index contributed by atoms with van der Waals surface area (Å²) in [4.78, 5) is 25.0. The van der Waals surface area contributed by atoms with Gasteiger partial charge < -0.3 is 15.0 Å². The number of hydrogen-bond acceptors (Lipinski definition) is 3. The van der Waals surface area contributed by atoms with E-state index < -0.39 is 0 Å². The largest absolute Gasteiger partial charge is 0.460 e. The fraction of sp³-hybridized carbons (Fsp3) is 0.667. The quantitative estimate of drug-likeness (QED) is 0.763. The van der Waals surface area contributed by atoms with Crippen LogP contribution in [0.2, 0.25) is 0 Å². The molecule has 1 aliphatic rings. The first-order chi connectivity index (χ1) is 7.88. The van der Waals surface area contributed by atoms with E-state index in [0.29, 0.717) is 17.7 Å². The van der Waals surface area contributed by atoms with Gasteiger partial charge in [-0.15, -0.1) is 0 Å². The minimum Gasteiger partial charge on any atom is -0.460 e. The second-order valence-electron chi connectivity index (χ2n) is 4.42. The molecule has 1 unspecified atom stereocenters. The van der Waals surface area contributed by atoms with Crippen LogP contribution in [0.4, 0.5) is 4.79 Å². The van der Waals surface area contributed by atoms with Crippen molar-refractivity contribution in [3.63, 3.8) is 0 Å². The normalized spacial score (nSPS) is 20.7. The van der Waals surface area contributed by atoms with Crippen LogP contribution in [0.25, 0.3) is 0 Å². The Morgan fingerprint density at radius 3 is 2.59 bits per heavy atom. The summed E-state index contributed by atoms with van der Waals surface area (Å²) in [5.41, 5.74) is 1.20. The maximum atomic E-state index is 12.0. The van der Waals surface area contributed by atoms with Crippen molar-refractivity contribution in [3.05, 3.63) is 11.3 Å². The molecule has 0 fully saturated rings. The molecule has 1 aliphatic heterocycles. The van der Waals surface area contributed by atoms with Crippen molar-refractivity contribution in [1.29, 1.82) is 0 Å². The lowest BCUT2D eigenvalue weighted by molar-refractivity contribution is -0.143. The molecular formula is C12H20N2O3. The summed E-state index contributed by atoms with van der Waals surface area (Å²) < 4.78 is 5.20. The van der Waals surface area contributed by atoms with Gasteiger partial charge in [0.2, 0.25) is 0 Å². The van der Waals surface area contributed by atoms with E-state index in [1.807, 2.05) is 6.92 Å². The molecule has 0 aromatic rings. The van der Waals surface area contributed by atoms with Gasteiger partial charge in [-0.1, -0.05) is 6.92 Å². The molecule has 5 heteroatoms. The van der Waals surface area contributed by atoms with Gasteiger partial charge in [-0.2, -0.15) is 0 Å². The van der Waals surface area contributed by atoms with Gasteiger partial charge in [-0.25, -0.2) is 9.59 Å². The summed E-state index contributed by atoms with van der Waals surface area (Å²) in [6.45, 7) is 7.30. The van der Waals surface area contributed by atoms with Crippen LogP contribution in [0, 0.1) is 0 Å². The van der Waals surface area contributed by atoms with E-state index in [-0.39, 0.29) is 24.1 Å². The Labute approximate surface area is 102 Å². The molecule has 0 spiro atoms. The molecule has 1 rings (SSSR count). The fourth-order valence-electron chi connectivity index (χ4n) is 1.78. The number of carbonyl (C=O) groups excluding carboxylic acids is 2. The van der Waals surface area contributed by atoms with Crippen molar-refractivity contribution >= 4 is 12.0 Å². The van der Waals surface area contributed by atoms with Gasteiger partial charge in [-0.3, -0.25) is 0 Å². The minimum absolute atomic E-state index is 0.164. The Hall–Kier alpha value is -1.52. The molecule has 0 radical (unpaired) electrons. The van der Waals surface area contributed by atoms with Crippen molar-refractivity contribution in [2.45, 2.75) is 46.3 Å². The summed E-state index contributed by atoms with van der Waals surface area (Å²) in [6.07, 6.45) is 0.502. The number of nitrogens with one attached hydrogen (secondary N) is 1. The summed E-state index contributed by atoms with van der Waals surface area (Å²) >= 11 is 0. The molecule has 0 bridgehead atoms. The van der Waals surface area contributed by atoms with E-state index in [0.717, 1.165) is 0 Å². The average Bonchev–Trinajstić information content (AvgIpc) is 2.23. The first-order valence-corrected chi connectivity index (χ1v) is 5.84. The third kappa shape index (κ3) is 2.78. The summed E-state index contributed by atoms with van der Waals surface area (Å²) in [7, 11) is 1.64. The molecule has 96 valence electrons. The number of carbonyl (C=O) groups is 2. The second-order valence-corrected chi connectivity index (χ2v) is 4.42. The van der Waals surface area contributed by atoms with Crippen molar-refractivity contribution in [1.82, 2.24) is 10.2 Å². The average molecular weight is 240 g/mol. The molecule has 0 aromatic heterocycles. The van der Waals surface area contributed by atoms with Crippen LogP contribution in [-0.2, 0) is 9.53 Å². The zero-order valence-electron chi connectivity index (χ0n) is 11.0. The van der Waals surface area contributed by atoms with Gasteiger partial charge in [0.1, 0.15) is 0 Å². The third-order valence-electron chi connectivity index (χ3n) is 2.81. The van der Waals surface area contributed by atoms with Gasteiger partial charge in [0.15, 0.2) is 0 Å². The predicted molar refractivity (Wildman–Crippen MR) is 64.3 cm³/mol. The van der Waals surface area contributed by atoms with Crippen LogP contribution < -0.4 is 5.32 Å². The Bertz CT molecular complexity index is 361. The van der Waals surface area contributed by atoms with E-state index in [1.165, 1.54) is 4.90 Å². The first-order valence-electron chi connectivity index (χ1n) is 5.84. The lowest BCUT2D eigenvalue weighted by Crippen LogP contribution is -2.50. The number of hydrogen-bond donors (Lipinski definition) is 1. The van der Waals surface area contributed by atoms with Crippen LogP contribution in [0.5, 0.6) is 0 Å². The molecule has 0 aliphatic carbocycles. The van der Waals surface area contributed by atoms with Crippen LogP contribution in [0.1, 0.15) is 34.1 Å². The second kappa shape index (κ2) is 5.21. The Morgan fingerprint density at radius 2 is 2.12 bits per heavy atom. The molecule has 2 amide bonds. The number of ether oxygens (including phenoxy) is 1. The summed E-state index contributed by atoms with van der Waals surface area (Å²) in [6, 6.07) is -0.444. The Balaban J connectivity index is 3.05. The fourth-order valence-corrected chi connectivity index (χ4v) is 1.78. The van der Waals surface area contributed by atoms with Crippen LogP contribution >= 0.6 is 0 Å². The van der Waals surface area contributed by atoms with Crippen LogP contribution in [0.15, 0.2) is 11.3 Å². The van der Waals surface area contributed by atoms with Crippen LogP contribution in [-0.4, -0.2) is 36.1 Å². The minimum atomic E-state index is -0.351. The first kappa shape index (κ1) is 13.5. The summed E-state index contributed by atoms with van der Waals surface area (Å²) in [5, 5.41) is 2.78. The Kier molecular flexibility index (Phi) is 4.15. The van der Waals surface area contributed by atoms with Crippen molar-refractivity contribution in [2.75, 3.05) is 7.05 Å². The number of nitrogens with zero attached hydrogens (tertiary/aromatic N) is 1. The smallest absolute Gasteiger partial charge is 0.338 e. The summed E-state index contributed by atoms with van der Waals surface area (Å²) in [5.74, 6) is -0.351. The third-order valence-corrected chi connectivity index (χ3v) is 2.81. The van der Waals surface area contributed by atoms with Gasteiger partial charge in [-0.05, 0) is 27.2 Å². The topological polar surface area (TPSA) is 58.6 Å². The van der Waals surface area contributed by atoms with Gasteiger partial charge >= 0.3 is 12.0 Å².